The summed E-state index contributed by atoms with van der Waals surface area (Å²) < 4.78 is 0. The number of hydrogen-bond acceptors (Lipinski definition) is 2. The molecule has 0 heterocycles. The monoisotopic (exact) mass is 321 g/mol. The molecule has 0 fully saturated rings. The Hall–Kier alpha value is -0.770. The van der Waals surface area contributed by atoms with E-state index < -0.39 is 5.91 Å². The smallest absolute Gasteiger partial charge is 0.259 e. The van der Waals surface area contributed by atoms with E-state index in [1.54, 1.807) is 0 Å². The van der Waals surface area contributed by atoms with Gasteiger partial charge in [0.25, 0.3) is 5.91 Å². The molecule has 1 aromatic rings. The van der Waals surface area contributed by atoms with Gasteiger partial charge in [-0.15, -0.1) is 0 Å². The van der Waals surface area contributed by atoms with E-state index in [1.165, 1.54) is 12.1 Å². The van der Waals surface area contributed by atoms with Gasteiger partial charge < -0.3 is 0 Å². The van der Waals surface area contributed by atoms with Crippen LogP contribution < -0.4 is 5.32 Å². The van der Waals surface area contributed by atoms with E-state index in [-0.39, 0.29) is 26.5 Å². The fourth-order valence-electron chi connectivity index (χ4n) is 1.49. The third kappa shape index (κ3) is 4.68. The van der Waals surface area contributed by atoms with E-state index in [0.717, 1.165) is 19.3 Å². The van der Waals surface area contributed by atoms with Crippen LogP contribution in [0, 0.1) is 0 Å². The zero-order chi connectivity index (χ0) is 14.4. The SMILES string of the molecule is CCCCCC(=O)NC(=O)c1ccc(Cl)c(Cl)c1Cl. The molecule has 0 aliphatic heterocycles. The first-order chi connectivity index (χ1) is 8.97. The van der Waals surface area contributed by atoms with Gasteiger partial charge in [-0.05, 0) is 18.6 Å². The van der Waals surface area contributed by atoms with Crippen molar-refractivity contribution in [3.8, 4) is 0 Å². The highest BCUT2D eigenvalue weighted by atomic mass is 35.5. The Morgan fingerprint density at radius 2 is 1.79 bits per heavy atom. The second-order valence-electron chi connectivity index (χ2n) is 4.06. The normalized spacial score (nSPS) is 10.3. The average Bonchev–Trinajstić information content (AvgIpc) is 2.36. The molecular formula is C13H14Cl3NO2. The van der Waals surface area contributed by atoms with Crippen LogP contribution >= 0.6 is 34.8 Å². The third-order valence-electron chi connectivity index (χ3n) is 2.54. The van der Waals surface area contributed by atoms with Crippen LogP contribution in [0.1, 0.15) is 43.0 Å². The van der Waals surface area contributed by atoms with Gasteiger partial charge in [-0.1, -0.05) is 54.6 Å². The molecule has 6 heteroatoms. The van der Waals surface area contributed by atoms with E-state index in [1.807, 2.05) is 6.92 Å². The maximum Gasteiger partial charge on any atom is 0.259 e. The van der Waals surface area contributed by atoms with Gasteiger partial charge in [0.15, 0.2) is 0 Å². The van der Waals surface area contributed by atoms with Gasteiger partial charge in [0, 0.05) is 6.42 Å². The van der Waals surface area contributed by atoms with Crippen LogP contribution in [0.15, 0.2) is 12.1 Å². The van der Waals surface area contributed by atoms with Crippen LogP contribution in [-0.4, -0.2) is 11.8 Å². The van der Waals surface area contributed by atoms with Gasteiger partial charge in [0.05, 0.1) is 20.6 Å². The maximum atomic E-state index is 11.9. The Bertz CT molecular complexity index is 489. The molecule has 0 unspecified atom stereocenters. The Balaban J connectivity index is 2.69. The molecular weight excluding hydrogens is 309 g/mol. The Morgan fingerprint density at radius 1 is 1.11 bits per heavy atom. The van der Waals surface area contributed by atoms with Crippen LogP contribution in [0.2, 0.25) is 15.1 Å². The number of nitrogens with one attached hydrogen (secondary N) is 1. The molecule has 0 saturated heterocycles. The molecule has 0 radical (unpaired) electrons. The molecule has 2 amide bonds. The van der Waals surface area contributed by atoms with Crippen LogP contribution in [0.4, 0.5) is 0 Å². The van der Waals surface area contributed by atoms with E-state index in [0.29, 0.717) is 6.42 Å². The van der Waals surface area contributed by atoms with Crippen molar-refractivity contribution in [1.82, 2.24) is 5.32 Å². The minimum Gasteiger partial charge on any atom is -0.292 e. The molecule has 0 saturated carbocycles. The summed E-state index contributed by atoms with van der Waals surface area (Å²) in [5.41, 5.74) is 0.139. The number of carbonyl (C=O) groups is 2. The predicted molar refractivity (Wildman–Crippen MR) is 78.1 cm³/mol. The zero-order valence-electron chi connectivity index (χ0n) is 10.4. The molecule has 0 aliphatic carbocycles. The van der Waals surface area contributed by atoms with Gasteiger partial charge in [-0.3, -0.25) is 14.9 Å². The lowest BCUT2D eigenvalue weighted by Crippen LogP contribution is -2.30. The van der Waals surface area contributed by atoms with E-state index >= 15 is 0 Å². The summed E-state index contributed by atoms with van der Waals surface area (Å²) in [5.74, 6) is -0.884. The van der Waals surface area contributed by atoms with Crippen LogP contribution in [-0.2, 0) is 4.79 Å². The molecule has 0 atom stereocenters. The molecule has 0 aliphatic rings. The number of amides is 2. The van der Waals surface area contributed by atoms with Crippen molar-refractivity contribution in [3.63, 3.8) is 0 Å². The Kier molecular flexibility index (Phi) is 6.63. The summed E-state index contributed by atoms with van der Waals surface area (Å²) in [6.07, 6.45) is 3.04. The predicted octanol–water partition coefficient (Wildman–Crippen LogP) is 4.48. The molecule has 3 nitrogen and oxygen atoms in total. The summed E-state index contributed by atoms with van der Waals surface area (Å²) in [5, 5.41) is 2.70. The average molecular weight is 323 g/mol. The van der Waals surface area contributed by atoms with E-state index in [2.05, 4.69) is 5.32 Å². The van der Waals surface area contributed by atoms with Crippen LogP contribution in [0.5, 0.6) is 0 Å². The highest BCUT2D eigenvalue weighted by Gasteiger charge is 2.16. The summed E-state index contributed by atoms with van der Waals surface area (Å²) in [6, 6.07) is 2.90. The molecule has 0 aromatic heterocycles. The van der Waals surface area contributed by atoms with Crippen molar-refractivity contribution >= 4 is 46.6 Å². The number of hydrogen-bond donors (Lipinski definition) is 1. The standard InChI is InChI=1S/C13H14Cl3NO2/c1-2-3-4-5-10(18)17-13(19)8-6-7-9(14)12(16)11(8)15/h6-7H,2-5H2,1H3,(H,17,18,19). The maximum absolute atomic E-state index is 11.9. The van der Waals surface area contributed by atoms with Gasteiger partial charge in [-0.2, -0.15) is 0 Å². The quantitative estimate of drug-likeness (QED) is 0.641. The zero-order valence-corrected chi connectivity index (χ0v) is 12.7. The summed E-state index contributed by atoms with van der Waals surface area (Å²) >= 11 is 17.5. The fraction of sp³-hybridized carbons (Fsp3) is 0.385. The lowest BCUT2D eigenvalue weighted by molar-refractivity contribution is -0.120. The summed E-state index contributed by atoms with van der Waals surface area (Å²) in [7, 11) is 0. The third-order valence-corrected chi connectivity index (χ3v) is 3.83. The van der Waals surface area contributed by atoms with Crippen molar-refractivity contribution in [3.05, 3.63) is 32.8 Å². The largest absolute Gasteiger partial charge is 0.292 e. The van der Waals surface area contributed by atoms with Crippen LogP contribution in [0.3, 0.4) is 0 Å². The number of carbonyl (C=O) groups excluding carboxylic acids is 2. The number of rotatable bonds is 5. The van der Waals surface area contributed by atoms with E-state index in [4.69, 9.17) is 34.8 Å². The number of benzene rings is 1. The minimum absolute atomic E-state index is 0.0491. The van der Waals surface area contributed by atoms with Gasteiger partial charge in [0.1, 0.15) is 0 Å². The second kappa shape index (κ2) is 7.73. The first-order valence-corrected chi connectivity index (χ1v) is 7.08. The molecule has 1 aromatic carbocycles. The first kappa shape index (κ1) is 16.3. The van der Waals surface area contributed by atoms with Gasteiger partial charge in [-0.25, -0.2) is 0 Å². The van der Waals surface area contributed by atoms with Crippen molar-refractivity contribution in [2.24, 2.45) is 0 Å². The number of imide groups is 1. The minimum atomic E-state index is -0.565. The Labute approximate surface area is 127 Å². The highest BCUT2D eigenvalue weighted by Crippen LogP contribution is 2.32. The van der Waals surface area contributed by atoms with Crippen molar-refractivity contribution in [1.29, 1.82) is 0 Å². The van der Waals surface area contributed by atoms with Gasteiger partial charge in [0.2, 0.25) is 5.91 Å². The molecule has 19 heavy (non-hydrogen) atoms. The Morgan fingerprint density at radius 3 is 2.42 bits per heavy atom. The number of unbranched alkanes of at least 4 members (excludes halogenated alkanes) is 2. The molecule has 1 rings (SSSR count). The van der Waals surface area contributed by atoms with Gasteiger partial charge >= 0.3 is 0 Å². The van der Waals surface area contributed by atoms with Crippen molar-refractivity contribution < 1.29 is 9.59 Å². The molecule has 0 spiro atoms. The molecule has 1 N–H and O–H groups in total. The highest BCUT2D eigenvalue weighted by molar-refractivity contribution is 6.49. The van der Waals surface area contributed by atoms with E-state index in [9.17, 15) is 9.59 Å². The summed E-state index contributed by atoms with van der Waals surface area (Å²) in [4.78, 5) is 23.4. The second-order valence-corrected chi connectivity index (χ2v) is 5.22. The lowest BCUT2D eigenvalue weighted by atomic mass is 10.2. The molecule has 0 bridgehead atoms. The van der Waals surface area contributed by atoms with Crippen molar-refractivity contribution in [2.45, 2.75) is 32.6 Å². The lowest BCUT2D eigenvalue weighted by Gasteiger charge is -2.07. The summed E-state index contributed by atoms with van der Waals surface area (Å²) in [6.45, 7) is 2.04. The topological polar surface area (TPSA) is 46.2 Å². The van der Waals surface area contributed by atoms with Crippen LogP contribution in [0.25, 0.3) is 0 Å². The number of halogens is 3. The molecule has 104 valence electrons. The first-order valence-electron chi connectivity index (χ1n) is 5.95. The fourth-order valence-corrected chi connectivity index (χ4v) is 2.11. The van der Waals surface area contributed by atoms with Crippen molar-refractivity contribution in [2.75, 3.05) is 0 Å².